The summed E-state index contributed by atoms with van der Waals surface area (Å²) in [7, 11) is 0. The Kier molecular flexibility index (Phi) is 7.78. The number of hydrogen-bond acceptors (Lipinski definition) is 6. The van der Waals surface area contributed by atoms with Crippen LogP contribution in [-0.2, 0) is 0 Å². The quantitative estimate of drug-likeness (QED) is 0.396. The fraction of sp³-hybridized carbons (Fsp3) is 0.667. The zero-order chi connectivity index (χ0) is 18.1. The first-order valence-electron chi connectivity index (χ1n) is 9.21. The summed E-state index contributed by atoms with van der Waals surface area (Å²) in [6, 6.07) is 3.30. The Labute approximate surface area is 149 Å². The Morgan fingerprint density at radius 1 is 1.08 bits per heavy atom. The number of benzene rings is 1. The first kappa shape index (κ1) is 19.3. The van der Waals surface area contributed by atoms with Crippen molar-refractivity contribution in [1.82, 2.24) is 5.32 Å². The largest absolute Gasteiger partial charge is 0.491 e. The number of rotatable bonds is 10. The SMILES string of the molecule is CCCCOc1cc([N+](=O)[O-])c(OCCCC)cc1N1CCNCC1. The molecule has 7 nitrogen and oxygen atoms in total. The van der Waals surface area contributed by atoms with E-state index in [1.807, 2.05) is 0 Å². The minimum atomic E-state index is -0.393. The highest BCUT2D eigenvalue weighted by atomic mass is 16.6. The average molecular weight is 351 g/mol. The van der Waals surface area contributed by atoms with Gasteiger partial charge in [0.2, 0.25) is 0 Å². The second-order valence-corrected chi connectivity index (χ2v) is 6.19. The van der Waals surface area contributed by atoms with Crippen molar-refractivity contribution in [3.8, 4) is 11.5 Å². The van der Waals surface area contributed by atoms with Crippen LogP contribution in [0, 0.1) is 10.1 Å². The molecule has 0 spiro atoms. The van der Waals surface area contributed by atoms with Gasteiger partial charge < -0.3 is 19.7 Å². The van der Waals surface area contributed by atoms with Gasteiger partial charge in [0.05, 0.1) is 29.9 Å². The van der Waals surface area contributed by atoms with E-state index in [0.29, 0.717) is 24.7 Å². The summed E-state index contributed by atoms with van der Waals surface area (Å²) in [5, 5.41) is 14.8. The predicted octanol–water partition coefficient (Wildman–Crippen LogP) is 3.36. The molecule has 1 aromatic rings. The highest BCUT2D eigenvalue weighted by molar-refractivity contribution is 5.68. The maximum atomic E-state index is 11.5. The number of nitro benzene ring substituents is 1. The molecule has 0 unspecified atom stereocenters. The summed E-state index contributed by atoms with van der Waals surface area (Å²) < 4.78 is 11.6. The molecule has 1 saturated heterocycles. The van der Waals surface area contributed by atoms with Crippen molar-refractivity contribution in [3.05, 3.63) is 22.2 Å². The normalized spacial score (nSPS) is 14.4. The lowest BCUT2D eigenvalue weighted by Crippen LogP contribution is -2.43. The van der Waals surface area contributed by atoms with Crippen LogP contribution in [0.2, 0.25) is 0 Å². The van der Waals surface area contributed by atoms with Gasteiger partial charge in [0, 0.05) is 32.2 Å². The summed E-state index contributed by atoms with van der Waals surface area (Å²) in [6.45, 7) is 8.65. The molecule has 0 aromatic heterocycles. The van der Waals surface area contributed by atoms with Gasteiger partial charge in [0.15, 0.2) is 5.75 Å². The number of nitro groups is 1. The van der Waals surface area contributed by atoms with Gasteiger partial charge in [0.1, 0.15) is 5.75 Å². The minimum Gasteiger partial charge on any atom is -0.491 e. The number of piperazine rings is 1. The molecule has 0 amide bonds. The molecular weight excluding hydrogens is 322 g/mol. The van der Waals surface area contributed by atoms with E-state index in [0.717, 1.165) is 57.5 Å². The number of anilines is 1. The van der Waals surface area contributed by atoms with Crippen molar-refractivity contribution in [1.29, 1.82) is 0 Å². The summed E-state index contributed by atoms with van der Waals surface area (Å²) in [5.74, 6) is 0.903. The maximum absolute atomic E-state index is 11.5. The summed E-state index contributed by atoms with van der Waals surface area (Å²) in [4.78, 5) is 13.3. The molecule has 1 aromatic carbocycles. The van der Waals surface area contributed by atoms with E-state index in [4.69, 9.17) is 9.47 Å². The summed E-state index contributed by atoms with van der Waals surface area (Å²) in [5.41, 5.74) is 0.858. The fourth-order valence-electron chi connectivity index (χ4n) is 2.72. The summed E-state index contributed by atoms with van der Waals surface area (Å²) in [6.07, 6.45) is 3.79. The molecule has 1 fully saturated rings. The topological polar surface area (TPSA) is 76.9 Å². The first-order chi connectivity index (χ1) is 12.2. The van der Waals surface area contributed by atoms with E-state index in [-0.39, 0.29) is 5.69 Å². The van der Waals surface area contributed by atoms with Gasteiger partial charge in [-0.05, 0) is 12.8 Å². The van der Waals surface area contributed by atoms with Crippen molar-refractivity contribution in [2.75, 3.05) is 44.3 Å². The standard InChI is InChI=1S/C18H29N3O4/c1-3-5-11-24-17-14-16(21(22)23)18(25-12-6-4-2)13-15(17)20-9-7-19-8-10-20/h13-14,19H,3-12H2,1-2H3. The Bertz CT molecular complexity index is 559. The van der Waals surface area contributed by atoms with Crippen molar-refractivity contribution in [3.63, 3.8) is 0 Å². The van der Waals surface area contributed by atoms with Gasteiger partial charge in [0.25, 0.3) is 0 Å². The van der Waals surface area contributed by atoms with Crippen LogP contribution in [0.4, 0.5) is 11.4 Å². The summed E-state index contributed by atoms with van der Waals surface area (Å²) >= 11 is 0. The number of nitrogens with zero attached hydrogens (tertiary/aromatic N) is 2. The Morgan fingerprint density at radius 2 is 1.68 bits per heavy atom. The van der Waals surface area contributed by atoms with E-state index >= 15 is 0 Å². The molecule has 0 saturated carbocycles. The van der Waals surface area contributed by atoms with Crippen molar-refractivity contribution >= 4 is 11.4 Å². The highest BCUT2D eigenvalue weighted by Crippen LogP contribution is 2.40. The fourth-order valence-corrected chi connectivity index (χ4v) is 2.72. The van der Waals surface area contributed by atoms with E-state index in [1.54, 1.807) is 6.07 Å². The van der Waals surface area contributed by atoms with Crippen LogP contribution in [0.25, 0.3) is 0 Å². The van der Waals surface area contributed by atoms with Gasteiger partial charge >= 0.3 is 5.69 Å². The second-order valence-electron chi connectivity index (χ2n) is 6.19. The molecular formula is C18H29N3O4. The molecule has 1 aliphatic heterocycles. The van der Waals surface area contributed by atoms with Crippen molar-refractivity contribution in [2.24, 2.45) is 0 Å². The lowest BCUT2D eigenvalue weighted by molar-refractivity contribution is -0.385. The Hall–Kier alpha value is -2.02. The third kappa shape index (κ3) is 5.49. The Balaban J connectivity index is 2.32. The van der Waals surface area contributed by atoms with Crippen molar-refractivity contribution in [2.45, 2.75) is 39.5 Å². The van der Waals surface area contributed by atoms with Crippen molar-refractivity contribution < 1.29 is 14.4 Å². The highest BCUT2D eigenvalue weighted by Gasteiger charge is 2.24. The van der Waals surface area contributed by atoms with Gasteiger partial charge in [-0.25, -0.2) is 0 Å². The first-order valence-corrected chi connectivity index (χ1v) is 9.21. The third-order valence-corrected chi connectivity index (χ3v) is 4.21. The zero-order valence-corrected chi connectivity index (χ0v) is 15.3. The molecule has 7 heteroatoms. The molecule has 1 heterocycles. The number of hydrogen-bond donors (Lipinski definition) is 1. The molecule has 0 radical (unpaired) electrons. The number of nitrogens with one attached hydrogen (secondary N) is 1. The van der Waals surface area contributed by atoms with Gasteiger partial charge in [-0.15, -0.1) is 0 Å². The smallest absolute Gasteiger partial charge is 0.314 e. The van der Waals surface area contributed by atoms with E-state index < -0.39 is 4.92 Å². The van der Waals surface area contributed by atoms with Crippen LogP contribution in [0.5, 0.6) is 11.5 Å². The molecule has 1 N–H and O–H groups in total. The lowest BCUT2D eigenvalue weighted by Gasteiger charge is -2.31. The van der Waals surface area contributed by atoms with Crippen LogP contribution in [0.15, 0.2) is 12.1 Å². The molecule has 1 aliphatic rings. The minimum absolute atomic E-state index is 0.0264. The third-order valence-electron chi connectivity index (χ3n) is 4.21. The van der Waals surface area contributed by atoms with Crippen LogP contribution in [0.1, 0.15) is 39.5 Å². The van der Waals surface area contributed by atoms with E-state index in [9.17, 15) is 10.1 Å². The predicted molar refractivity (Wildman–Crippen MR) is 99.0 cm³/mol. The monoisotopic (exact) mass is 351 g/mol. The van der Waals surface area contributed by atoms with Gasteiger partial charge in [-0.2, -0.15) is 0 Å². The second kappa shape index (κ2) is 10.1. The van der Waals surface area contributed by atoms with E-state index in [2.05, 4.69) is 24.1 Å². The number of unbranched alkanes of at least 4 members (excludes halogenated alkanes) is 2. The van der Waals surface area contributed by atoms with Gasteiger partial charge in [-0.3, -0.25) is 10.1 Å². The molecule has 2 rings (SSSR count). The average Bonchev–Trinajstić information content (AvgIpc) is 2.63. The van der Waals surface area contributed by atoms with Crippen LogP contribution >= 0.6 is 0 Å². The molecule has 25 heavy (non-hydrogen) atoms. The molecule has 0 atom stereocenters. The molecule has 0 bridgehead atoms. The van der Waals surface area contributed by atoms with E-state index in [1.165, 1.54) is 6.07 Å². The zero-order valence-electron chi connectivity index (χ0n) is 15.3. The molecule has 0 aliphatic carbocycles. The number of ether oxygens (including phenoxy) is 2. The Morgan fingerprint density at radius 3 is 2.24 bits per heavy atom. The van der Waals surface area contributed by atoms with Crippen LogP contribution in [-0.4, -0.2) is 44.3 Å². The van der Waals surface area contributed by atoms with Crippen LogP contribution < -0.4 is 19.7 Å². The van der Waals surface area contributed by atoms with Gasteiger partial charge in [-0.1, -0.05) is 26.7 Å². The maximum Gasteiger partial charge on any atom is 0.314 e. The lowest BCUT2D eigenvalue weighted by atomic mass is 10.2. The van der Waals surface area contributed by atoms with Crippen LogP contribution in [0.3, 0.4) is 0 Å². The molecule has 140 valence electrons.